The zero-order valence-corrected chi connectivity index (χ0v) is 34.1. The number of nitrogens with zero attached hydrogens (tertiary/aromatic N) is 2. The van der Waals surface area contributed by atoms with Gasteiger partial charge in [0.1, 0.15) is 6.54 Å². The number of carbonyl (C=O) groups is 1. The molecule has 2 aliphatic heterocycles. The maximum absolute atomic E-state index is 12.7. The van der Waals surface area contributed by atoms with Gasteiger partial charge in [0.05, 0.1) is 5.41 Å². The second-order valence-electron chi connectivity index (χ2n) is 14.8. The van der Waals surface area contributed by atoms with Gasteiger partial charge in [-0.15, -0.1) is 12.3 Å². The SMILES string of the molecule is C#CCCCC[N+]1=C(C=CC=C2N(CCCCCC(=O)NCCC[Si](OCC)(OCC)OCC)c3ccccc3C2(C)C)C(C)(C)c2ccccc21. The highest BCUT2D eigenvalue weighted by Gasteiger charge is 2.44. The molecule has 2 aromatic rings. The number of hydrogen-bond donors (Lipinski definition) is 1. The van der Waals surface area contributed by atoms with Gasteiger partial charge in [-0.3, -0.25) is 4.79 Å². The van der Waals surface area contributed by atoms with E-state index in [4.69, 9.17) is 19.7 Å². The molecule has 0 atom stereocenters. The van der Waals surface area contributed by atoms with E-state index in [1.807, 2.05) is 20.8 Å². The number of amides is 1. The van der Waals surface area contributed by atoms with Crippen LogP contribution in [0.2, 0.25) is 6.04 Å². The molecule has 0 bridgehead atoms. The van der Waals surface area contributed by atoms with Crippen molar-refractivity contribution in [2.45, 2.75) is 117 Å². The summed E-state index contributed by atoms with van der Waals surface area (Å²) >= 11 is 0. The van der Waals surface area contributed by atoms with Gasteiger partial charge < -0.3 is 23.5 Å². The molecule has 0 radical (unpaired) electrons. The van der Waals surface area contributed by atoms with Gasteiger partial charge in [-0.25, -0.2) is 0 Å². The summed E-state index contributed by atoms with van der Waals surface area (Å²) in [7, 11) is -2.68. The summed E-state index contributed by atoms with van der Waals surface area (Å²) in [4.78, 5) is 15.2. The lowest BCUT2D eigenvalue weighted by molar-refractivity contribution is -0.438. The van der Waals surface area contributed by atoms with Crippen molar-refractivity contribution in [3.05, 3.63) is 83.6 Å². The van der Waals surface area contributed by atoms with Crippen LogP contribution in [0.5, 0.6) is 0 Å². The summed E-state index contributed by atoms with van der Waals surface area (Å²) in [5.41, 5.74) is 7.73. The van der Waals surface area contributed by atoms with Crippen molar-refractivity contribution in [3.8, 4) is 12.3 Å². The maximum Gasteiger partial charge on any atom is 0.500 e. The van der Waals surface area contributed by atoms with Crippen molar-refractivity contribution >= 4 is 31.8 Å². The number of hydrogen-bond acceptors (Lipinski definition) is 5. The fourth-order valence-corrected chi connectivity index (χ4v) is 10.5. The van der Waals surface area contributed by atoms with Crippen molar-refractivity contribution in [2.24, 2.45) is 0 Å². The van der Waals surface area contributed by atoms with Crippen LogP contribution < -0.4 is 10.2 Å². The van der Waals surface area contributed by atoms with Crippen molar-refractivity contribution in [2.75, 3.05) is 44.4 Å². The number of allylic oxidation sites excluding steroid dienone is 4. The minimum Gasteiger partial charge on any atom is -0.374 e. The Labute approximate surface area is 315 Å². The van der Waals surface area contributed by atoms with Crippen LogP contribution in [0.1, 0.15) is 111 Å². The van der Waals surface area contributed by atoms with Crippen molar-refractivity contribution < 1.29 is 22.6 Å². The van der Waals surface area contributed by atoms with Crippen LogP contribution >= 0.6 is 0 Å². The Kier molecular flexibility index (Phi) is 15.5. The van der Waals surface area contributed by atoms with Gasteiger partial charge in [0.15, 0.2) is 5.71 Å². The average Bonchev–Trinajstić information content (AvgIpc) is 3.47. The smallest absolute Gasteiger partial charge is 0.374 e. The van der Waals surface area contributed by atoms with Crippen molar-refractivity contribution in [1.29, 1.82) is 0 Å². The first-order chi connectivity index (χ1) is 25.1. The molecule has 1 N–H and O–H groups in total. The molecule has 0 aliphatic carbocycles. The first-order valence-electron chi connectivity index (χ1n) is 19.7. The molecule has 282 valence electrons. The third-order valence-electron chi connectivity index (χ3n) is 10.4. The van der Waals surface area contributed by atoms with Gasteiger partial charge in [-0.2, -0.15) is 4.58 Å². The number of rotatable bonds is 22. The first-order valence-corrected chi connectivity index (χ1v) is 21.6. The molecule has 1 amide bonds. The molecule has 7 nitrogen and oxygen atoms in total. The van der Waals surface area contributed by atoms with E-state index >= 15 is 0 Å². The zero-order chi connectivity index (χ0) is 37.6. The number of unbranched alkanes of at least 4 members (excludes halogenated alkanes) is 4. The molecule has 0 aromatic heterocycles. The Morgan fingerprint density at radius 3 is 2.23 bits per heavy atom. The maximum atomic E-state index is 12.7. The minimum absolute atomic E-state index is 0.0967. The standard InChI is InChI=1S/C44H63N3O4Si/c1-9-13-14-21-33-46-38-27-19-17-25-36(38)43(5,6)40(46)29-23-30-41-44(7,8)37-26-18-20-28-39(37)47(41)34-22-15-16-31-42(48)45-32-24-35-52(49-10-2,50-11-3)51-12-4/h1,17-20,23,25-30H,10-16,21-22,24,31-35H2,2-8H3/p+1. The van der Waals surface area contributed by atoms with E-state index in [0.29, 0.717) is 38.8 Å². The summed E-state index contributed by atoms with van der Waals surface area (Å²) in [6, 6.07) is 18.3. The van der Waals surface area contributed by atoms with E-state index in [1.165, 1.54) is 33.9 Å². The van der Waals surface area contributed by atoms with Crippen LogP contribution in [0, 0.1) is 12.3 Å². The van der Waals surface area contributed by atoms with Crippen LogP contribution in [0.4, 0.5) is 11.4 Å². The van der Waals surface area contributed by atoms with Crippen LogP contribution in [-0.2, 0) is 28.9 Å². The first kappa shape index (κ1) is 41.3. The Hall–Kier alpha value is -3.48. The summed E-state index contributed by atoms with van der Waals surface area (Å²) in [5.74, 6) is 2.90. The lowest BCUT2D eigenvalue weighted by Crippen LogP contribution is -2.46. The van der Waals surface area contributed by atoms with Crippen molar-refractivity contribution in [3.63, 3.8) is 0 Å². The molecule has 0 saturated carbocycles. The van der Waals surface area contributed by atoms with Crippen LogP contribution in [0.3, 0.4) is 0 Å². The molecule has 4 rings (SSSR count). The Morgan fingerprint density at radius 2 is 1.54 bits per heavy atom. The number of fused-ring (bicyclic) bond motifs is 2. The Morgan fingerprint density at radius 1 is 0.865 bits per heavy atom. The van der Waals surface area contributed by atoms with Crippen LogP contribution in [0.15, 0.2) is 72.5 Å². The van der Waals surface area contributed by atoms with Gasteiger partial charge in [-0.1, -0.05) is 62.7 Å². The highest BCUT2D eigenvalue weighted by atomic mass is 28.4. The zero-order valence-electron chi connectivity index (χ0n) is 33.1. The van der Waals surface area contributed by atoms with E-state index in [9.17, 15) is 4.79 Å². The quantitative estimate of drug-likeness (QED) is 0.0568. The van der Waals surface area contributed by atoms with Crippen LogP contribution in [0.25, 0.3) is 0 Å². The molecular formula is C44H64N3O4Si+. The second kappa shape index (κ2) is 19.6. The average molecular weight is 727 g/mol. The number of nitrogens with one attached hydrogen (secondary N) is 1. The predicted octanol–water partition coefficient (Wildman–Crippen LogP) is 9.22. The lowest BCUT2D eigenvalue weighted by Gasteiger charge is -2.28. The third-order valence-corrected chi connectivity index (χ3v) is 13.6. The Balaban J connectivity index is 1.38. The highest BCUT2D eigenvalue weighted by Crippen LogP contribution is 2.48. The summed E-state index contributed by atoms with van der Waals surface area (Å²) < 4.78 is 20.3. The van der Waals surface area contributed by atoms with Gasteiger partial charge in [0.25, 0.3) is 0 Å². The van der Waals surface area contributed by atoms with Crippen molar-refractivity contribution in [1.82, 2.24) is 5.32 Å². The largest absolute Gasteiger partial charge is 0.500 e. The number of para-hydroxylation sites is 2. The fourth-order valence-electron chi connectivity index (χ4n) is 7.85. The van der Waals surface area contributed by atoms with E-state index in [0.717, 1.165) is 58.0 Å². The number of anilines is 1. The molecule has 52 heavy (non-hydrogen) atoms. The van der Waals surface area contributed by atoms with E-state index in [2.05, 4.69) is 115 Å². The third kappa shape index (κ3) is 9.93. The van der Waals surface area contributed by atoms with E-state index in [1.54, 1.807) is 0 Å². The molecule has 0 unspecified atom stereocenters. The molecule has 8 heteroatoms. The lowest BCUT2D eigenvalue weighted by atomic mass is 9.81. The number of carbonyl (C=O) groups excluding carboxylic acids is 1. The molecule has 2 aliphatic rings. The molecular weight excluding hydrogens is 663 g/mol. The number of benzene rings is 2. The van der Waals surface area contributed by atoms with E-state index in [-0.39, 0.29) is 16.7 Å². The van der Waals surface area contributed by atoms with Gasteiger partial charge in [0.2, 0.25) is 11.6 Å². The summed E-state index contributed by atoms with van der Waals surface area (Å²) in [5, 5.41) is 3.10. The highest BCUT2D eigenvalue weighted by molar-refractivity contribution is 6.60. The summed E-state index contributed by atoms with van der Waals surface area (Å²) in [6.07, 6.45) is 19.6. The molecule has 0 fully saturated rings. The summed E-state index contributed by atoms with van der Waals surface area (Å²) in [6.45, 7) is 19.4. The topological polar surface area (TPSA) is 63.0 Å². The van der Waals surface area contributed by atoms with E-state index < -0.39 is 8.80 Å². The van der Waals surface area contributed by atoms with Gasteiger partial charge in [0, 0.05) is 92.7 Å². The monoisotopic (exact) mass is 726 g/mol. The van der Waals surface area contributed by atoms with Gasteiger partial charge in [-0.05, 0) is 78.0 Å². The Bertz CT molecular complexity index is 1600. The number of terminal acetylenes is 1. The molecule has 0 spiro atoms. The van der Waals surface area contributed by atoms with Crippen LogP contribution in [-0.4, -0.2) is 64.5 Å². The molecule has 2 aromatic carbocycles. The molecule has 0 saturated heterocycles. The fraction of sp³-hybridized carbons (Fsp3) is 0.545. The minimum atomic E-state index is -2.68. The van der Waals surface area contributed by atoms with Gasteiger partial charge >= 0.3 is 8.80 Å². The predicted molar refractivity (Wildman–Crippen MR) is 218 cm³/mol. The second-order valence-corrected chi connectivity index (χ2v) is 17.5. The molecule has 2 heterocycles. The normalized spacial score (nSPS) is 16.8.